The van der Waals surface area contributed by atoms with Crippen molar-refractivity contribution >= 4 is 5.91 Å². The third-order valence-corrected chi connectivity index (χ3v) is 5.25. The van der Waals surface area contributed by atoms with Crippen LogP contribution in [-0.2, 0) is 17.8 Å². The number of aromatic nitrogens is 1. The van der Waals surface area contributed by atoms with Gasteiger partial charge < -0.3 is 14.8 Å². The highest BCUT2D eigenvalue weighted by Crippen LogP contribution is 2.27. The molecule has 1 aliphatic heterocycles. The third kappa shape index (κ3) is 5.45. The third-order valence-electron chi connectivity index (χ3n) is 5.25. The smallest absolute Gasteiger partial charge is 0.223 e. The Hall–Kier alpha value is -2.60. The number of ether oxygens (including phenoxy) is 2. The standard InChI is InChI=1S/C22H29N3O3/c1-27-20-6-5-17(14-21(20)28-2)7-11-24-22(26)19-8-12-25(13-9-19)16-18-4-3-10-23-15-18/h3-6,10,14-15,19H,7-9,11-13,16H2,1-2H3,(H,24,26). The molecule has 1 fully saturated rings. The maximum Gasteiger partial charge on any atom is 0.223 e. The Labute approximate surface area is 166 Å². The van der Waals surface area contributed by atoms with Gasteiger partial charge in [0.05, 0.1) is 14.2 Å². The lowest BCUT2D eigenvalue weighted by Gasteiger charge is -2.31. The van der Waals surface area contributed by atoms with Gasteiger partial charge in [0.25, 0.3) is 0 Å². The minimum atomic E-state index is 0.107. The van der Waals surface area contributed by atoms with Gasteiger partial charge in [0, 0.05) is 31.4 Å². The van der Waals surface area contributed by atoms with Crippen molar-refractivity contribution in [3.05, 3.63) is 53.9 Å². The molecule has 28 heavy (non-hydrogen) atoms. The predicted molar refractivity (Wildman–Crippen MR) is 108 cm³/mol. The summed E-state index contributed by atoms with van der Waals surface area (Å²) >= 11 is 0. The number of piperidine rings is 1. The van der Waals surface area contributed by atoms with Crippen LogP contribution in [0.4, 0.5) is 0 Å². The Balaban J connectivity index is 1.40. The summed E-state index contributed by atoms with van der Waals surface area (Å²) in [6.07, 6.45) is 6.28. The SMILES string of the molecule is COc1ccc(CCNC(=O)C2CCN(Cc3cccnc3)CC2)cc1OC. The highest BCUT2D eigenvalue weighted by atomic mass is 16.5. The number of nitrogens with zero attached hydrogens (tertiary/aromatic N) is 2. The molecular weight excluding hydrogens is 354 g/mol. The number of carbonyl (C=O) groups is 1. The van der Waals surface area contributed by atoms with E-state index in [4.69, 9.17) is 9.47 Å². The van der Waals surface area contributed by atoms with Gasteiger partial charge in [-0.15, -0.1) is 0 Å². The summed E-state index contributed by atoms with van der Waals surface area (Å²) in [5.74, 6) is 1.71. The van der Waals surface area contributed by atoms with Gasteiger partial charge in [-0.05, 0) is 61.7 Å². The number of likely N-dealkylation sites (tertiary alicyclic amines) is 1. The molecule has 2 aromatic rings. The summed E-state index contributed by atoms with van der Waals surface area (Å²) in [7, 11) is 3.25. The fourth-order valence-corrected chi connectivity index (χ4v) is 3.61. The lowest BCUT2D eigenvalue weighted by atomic mass is 9.95. The van der Waals surface area contributed by atoms with Crippen LogP contribution in [0, 0.1) is 5.92 Å². The molecule has 0 radical (unpaired) electrons. The molecule has 0 atom stereocenters. The second-order valence-electron chi connectivity index (χ2n) is 7.14. The zero-order chi connectivity index (χ0) is 19.8. The molecule has 2 heterocycles. The van der Waals surface area contributed by atoms with Crippen molar-refractivity contribution < 1.29 is 14.3 Å². The van der Waals surface area contributed by atoms with Crippen LogP contribution in [0.2, 0.25) is 0 Å². The van der Waals surface area contributed by atoms with Crippen LogP contribution in [0.25, 0.3) is 0 Å². The Kier molecular flexibility index (Phi) is 7.25. The summed E-state index contributed by atoms with van der Waals surface area (Å²) in [6, 6.07) is 9.92. The normalized spacial score (nSPS) is 15.2. The molecule has 0 aliphatic carbocycles. The van der Waals surface area contributed by atoms with E-state index in [9.17, 15) is 4.79 Å². The fourth-order valence-electron chi connectivity index (χ4n) is 3.61. The van der Waals surface area contributed by atoms with Gasteiger partial charge in [0.15, 0.2) is 11.5 Å². The monoisotopic (exact) mass is 383 g/mol. The first kappa shape index (κ1) is 20.1. The zero-order valence-corrected chi connectivity index (χ0v) is 16.7. The number of amides is 1. The summed E-state index contributed by atoms with van der Waals surface area (Å²) < 4.78 is 10.6. The van der Waals surface area contributed by atoms with Crippen LogP contribution in [0.1, 0.15) is 24.0 Å². The molecule has 150 valence electrons. The lowest BCUT2D eigenvalue weighted by Crippen LogP contribution is -2.40. The summed E-state index contributed by atoms with van der Waals surface area (Å²) in [5.41, 5.74) is 2.34. The maximum atomic E-state index is 12.5. The van der Waals surface area contributed by atoms with Gasteiger partial charge in [0.2, 0.25) is 5.91 Å². The molecule has 1 saturated heterocycles. The second kappa shape index (κ2) is 10.1. The van der Waals surface area contributed by atoms with Crippen LogP contribution in [0.5, 0.6) is 11.5 Å². The summed E-state index contributed by atoms with van der Waals surface area (Å²) in [5, 5.41) is 3.09. The first-order valence-electron chi connectivity index (χ1n) is 9.79. The van der Waals surface area contributed by atoms with Crippen LogP contribution < -0.4 is 14.8 Å². The van der Waals surface area contributed by atoms with Crippen LogP contribution in [0.15, 0.2) is 42.7 Å². The first-order chi connectivity index (χ1) is 13.7. The van der Waals surface area contributed by atoms with E-state index in [1.165, 1.54) is 5.56 Å². The Bertz CT molecular complexity index is 759. The van der Waals surface area contributed by atoms with E-state index in [0.717, 1.165) is 44.5 Å². The quantitative estimate of drug-likeness (QED) is 0.759. The van der Waals surface area contributed by atoms with Gasteiger partial charge in [-0.2, -0.15) is 0 Å². The van der Waals surface area contributed by atoms with E-state index in [1.807, 2.05) is 30.5 Å². The zero-order valence-electron chi connectivity index (χ0n) is 16.7. The minimum absolute atomic E-state index is 0.107. The average Bonchev–Trinajstić information content (AvgIpc) is 2.74. The molecule has 1 aliphatic rings. The summed E-state index contributed by atoms with van der Waals surface area (Å²) in [6.45, 7) is 3.43. The molecule has 6 nitrogen and oxygen atoms in total. The highest BCUT2D eigenvalue weighted by molar-refractivity contribution is 5.78. The Morgan fingerprint density at radius 2 is 1.93 bits per heavy atom. The molecule has 0 unspecified atom stereocenters. The number of benzene rings is 1. The second-order valence-corrected chi connectivity index (χ2v) is 7.14. The molecule has 0 spiro atoms. The molecule has 1 aromatic carbocycles. The number of rotatable bonds is 8. The minimum Gasteiger partial charge on any atom is -0.493 e. The van der Waals surface area contributed by atoms with Crippen molar-refractivity contribution in [2.24, 2.45) is 5.92 Å². The van der Waals surface area contributed by atoms with Gasteiger partial charge in [-0.1, -0.05) is 12.1 Å². The molecule has 6 heteroatoms. The molecule has 1 aromatic heterocycles. The van der Waals surface area contributed by atoms with E-state index in [-0.39, 0.29) is 11.8 Å². The number of methoxy groups -OCH3 is 2. The van der Waals surface area contributed by atoms with Crippen LogP contribution >= 0.6 is 0 Å². The van der Waals surface area contributed by atoms with E-state index < -0.39 is 0 Å². The molecular formula is C22H29N3O3. The number of nitrogens with one attached hydrogen (secondary N) is 1. The van der Waals surface area contributed by atoms with Crippen molar-refractivity contribution in [3.8, 4) is 11.5 Å². The van der Waals surface area contributed by atoms with Gasteiger partial charge >= 0.3 is 0 Å². The number of hydrogen-bond acceptors (Lipinski definition) is 5. The van der Waals surface area contributed by atoms with Gasteiger partial charge in [0.1, 0.15) is 0 Å². The Morgan fingerprint density at radius 1 is 1.14 bits per heavy atom. The topological polar surface area (TPSA) is 63.7 Å². The van der Waals surface area contributed by atoms with Crippen molar-refractivity contribution in [3.63, 3.8) is 0 Å². The average molecular weight is 383 g/mol. The number of hydrogen-bond donors (Lipinski definition) is 1. The molecule has 1 amide bonds. The van der Waals surface area contributed by atoms with Gasteiger partial charge in [-0.3, -0.25) is 14.7 Å². The highest BCUT2D eigenvalue weighted by Gasteiger charge is 2.24. The Morgan fingerprint density at radius 3 is 2.61 bits per heavy atom. The molecule has 0 bridgehead atoms. The first-order valence-corrected chi connectivity index (χ1v) is 9.79. The van der Waals surface area contributed by atoms with E-state index >= 15 is 0 Å². The van der Waals surface area contributed by atoms with Crippen molar-refractivity contribution in [1.29, 1.82) is 0 Å². The molecule has 3 rings (SSSR count). The van der Waals surface area contributed by atoms with Crippen LogP contribution in [0.3, 0.4) is 0 Å². The van der Waals surface area contributed by atoms with Crippen LogP contribution in [-0.4, -0.2) is 49.6 Å². The van der Waals surface area contributed by atoms with Gasteiger partial charge in [-0.25, -0.2) is 0 Å². The van der Waals surface area contributed by atoms with E-state index in [2.05, 4.69) is 21.3 Å². The largest absolute Gasteiger partial charge is 0.493 e. The van der Waals surface area contributed by atoms with Crippen molar-refractivity contribution in [2.45, 2.75) is 25.8 Å². The number of carbonyl (C=O) groups excluding carboxylic acids is 1. The molecule has 1 N–H and O–H groups in total. The summed E-state index contributed by atoms with van der Waals surface area (Å²) in [4.78, 5) is 19.1. The maximum absolute atomic E-state index is 12.5. The lowest BCUT2D eigenvalue weighted by molar-refractivity contribution is -0.126. The fraction of sp³-hybridized carbons (Fsp3) is 0.455. The van der Waals surface area contributed by atoms with E-state index in [0.29, 0.717) is 18.0 Å². The predicted octanol–water partition coefficient (Wildman–Crippen LogP) is 2.67. The number of pyridine rings is 1. The van der Waals surface area contributed by atoms with E-state index in [1.54, 1.807) is 20.4 Å². The van der Waals surface area contributed by atoms with Crippen molar-refractivity contribution in [1.82, 2.24) is 15.2 Å². The van der Waals surface area contributed by atoms with Crippen molar-refractivity contribution in [2.75, 3.05) is 33.9 Å². The molecule has 0 saturated carbocycles.